The van der Waals surface area contributed by atoms with Crippen molar-refractivity contribution in [2.75, 3.05) is 18.0 Å². The molecule has 2 unspecified atom stereocenters. The van der Waals surface area contributed by atoms with Gasteiger partial charge in [0.05, 0.1) is 0 Å². The largest absolute Gasteiger partial charge is 0.452 e. The molecule has 4 nitrogen and oxygen atoms in total. The summed E-state index contributed by atoms with van der Waals surface area (Å²) in [5.41, 5.74) is 5.84. The molecule has 1 aliphatic rings. The average Bonchev–Trinajstić information content (AvgIpc) is 2.78. The van der Waals surface area contributed by atoms with Gasteiger partial charge in [0.15, 0.2) is 0 Å². The second-order valence-electron chi connectivity index (χ2n) is 4.61. The number of halogens is 3. The lowest BCUT2D eigenvalue weighted by atomic mass is 9.92. The van der Waals surface area contributed by atoms with E-state index in [0.29, 0.717) is 17.6 Å². The summed E-state index contributed by atoms with van der Waals surface area (Å²) in [5, 5.41) is 0.340. The van der Waals surface area contributed by atoms with Crippen LogP contribution in [0.25, 0.3) is 0 Å². The monoisotopic (exact) mass is 280 g/mol. The smallest absolute Gasteiger partial charge is 0.347 e. The molecule has 1 aromatic heterocycles. The first-order valence-corrected chi connectivity index (χ1v) is 6.56. The lowest BCUT2D eigenvalue weighted by molar-refractivity contribution is -0.144. The number of anilines is 1. The first-order chi connectivity index (χ1) is 8.38. The molecular formula is C10H15F3N4S. The Labute approximate surface area is 107 Å². The van der Waals surface area contributed by atoms with Gasteiger partial charge < -0.3 is 10.6 Å². The summed E-state index contributed by atoms with van der Waals surface area (Å²) < 4.78 is 40.6. The summed E-state index contributed by atoms with van der Waals surface area (Å²) in [7, 11) is 0. The standard InChI is InChI=1S/C10H15F3N4S/c1-6(14)7-3-2-4-17(5-7)9-15-8(16-18-9)10(11,12)13/h6-7H,2-5,14H2,1H3. The first kappa shape index (κ1) is 13.5. The molecule has 1 fully saturated rings. The lowest BCUT2D eigenvalue weighted by Gasteiger charge is -2.34. The Hall–Kier alpha value is -0.890. The van der Waals surface area contributed by atoms with Crippen LogP contribution in [0.15, 0.2) is 0 Å². The van der Waals surface area contributed by atoms with Gasteiger partial charge in [-0.3, -0.25) is 0 Å². The van der Waals surface area contributed by atoms with Gasteiger partial charge in [-0.1, -0.05) is 0 Å². The van der Waals surface area contributed by atoms with Crippen LogP contribution in [0.4, 0.5) is 18.3 Å². The van der Waals surface area contributed by atoms with Crippen LogP contribution in [0.2, 0.25) is 0 Å². The molecule has 0 amide bonds. The molecule has 8 heteroatoms. The molecule has 2 N–H and O–H groups in total. The van der Waals surface area contributed by atoms with Crippen LogP contribution in [-0.2, 0) is 6.18 Å². The highest BCUT2D eigenvalue weighted by atomic mass is 32.1. The topological polar surface area (TPSA) is 55.0 Å². The molecule has 1 aliphatic heterocycles. The Balaban J connectivity index is 2.09. The Morgan fingerprint density at radius 1 is 1.50 bits per heavy atom. The molecular weight excluding hydrogens is 265 g/mol. The maximum atomic E-state index is 12.4. The summed E-state index contributed by atoms with van der Waals surface area (Å²) in [6.45, 7) is 3.30. The van der Waals surface area contributed by atoms with Gasteiger partial charge in [0.1, 0.15) is 0 Å². The average molecular weight is 280 g/mol. The fourth-order valence-electron chi connectivity index (χ4n) is 2.07. The maximum Gasteiger partial charge on any atom is 0.452 e. The highest BCUT2D eigenvalue weighted by molar-refractivity contribution is 7.09. The third-order valence-corrected chi connectivity index (χ3v) is 3.92. The molecule has 0 aromatic carbocycles. The summed E-state index contributed by atoms with van der Waals surface area (Å²) in [6, 6.07) is 0.0443. The van der Waals surface area contributed by atoms with Gasteiger partial charge >= 0.3 is 6.18 Å². The number of nitrogens with two attached hydrogens (primary N) is 1. The number of rotatable bonds is 2. The van der Waals surface area contributed by atoms with Crippen molar-refractivity contribution in [1.82, 2.24) is 9.36 Å². The zero-order valence-corrected chi connectivity index (χ0v) is 10.8. The fourth-order valence-corrected chi connectivity index (χ4v) is 2.79. The molecule has 0 aliphatic carbocycles. The summed E-state index contributed by atoms with van der Waals surface area (Å²) in [4.78, 5) is 5.42. The van der Waals surface area contributed by atoms with Crippen molar-refractivity contribution < 1.29 is 13.2 Å². The van der Waals surface area contributed by atoms with Crippen LogP contribution < -0.4 is 10.6 Å². The van der Waals surface area contributed by atoms with Crippen LogP contribution in [0.3, 0.4) is 0 Å². The van der Waals surface area contributed by atoms with E-state index in [1.807, 2.05) is 11.8 Å². The lowest BCUT2D eigenvalue weighted by Crippen LogP contribution is -2.42. The Kier molecular flexibility index (Phi) is 3.76. The predicted octanol–water partition coefficient (Wildman–Crippen LogP) is 2.12. The van der Waals surface area contributed by atoms with Crippen molar-refractivity contribution in [3.05, 3.63) is 5.82 Å². The minimum atomic E-state index is -4.47. The molecule has 0 spiro atoms. The summed E-state index contributed by atoms with van der Waals surface area (Å²) in [6.07, 6.45) is -2.53. The van der Waals surface area contributed by atoms with E-state index in [9.17, 15) is 13.2 Å². The van der Waals surface area contributed by atoms with Gasteiger partial charge in [-0.25, -0.2) is 0 Å². The second-order valence-corrected chi connectivity index (χ2v) is 5.34. The second kappa shape index (κ2) is 5.00. The third-order valence-electron chi connectivity index (χ3n) is 3.14. The molecule has 0 radical (unpaired) electrons. The molecule has 102 valence electrons. The SMILES string of the molecule is CC(N)C1CCCN(c2nc(C(F)(F)F)ns2)C1. The van der Waals surface area contributed by atoms with Gasteiger partial charge in [0.2, 0.25) is 11.0 Å². The van der Waals surface area contributed by atoms with Gasteiger partial charge in [0, 0.05) is 30.7 Å². The van der Waals surface area contributed by atoms with Crippen LogP contribution in [0, 0.1) is 5.92 Å². The summed E-state index contributed by atoms with van der Waals surface area (Å²) >= 11 is 0.801. The van der Waals surface area contributed by atoms with E-state index in [0.717, 1.165) is 30.9 Å². The molecule has 2 rings (SSSR count). The van der Waals surface area contributed by atoms with Crippen LogP contribution >= 0.6 is 11.5 Å². The molecule has 18 heavy (non-hydrogen) atoms. The molecule has 0 saturated carbocycles. The molecule has 1 aromatic rings. The Bertz CT molecular complexity index is 404. The fraction of sp³-hybridized carbons (Fsp3) is 0.800. The zero-order chi connectivity index (χ0) is 13.3. The van der Waals surface area contributed by atoms with Crippen molar-refractivity contribution in [2.45, 2.75) is 32.0 Å². The van der Waals surface area contributed by atoms with Crippen molar-refractivity contribution in [2.24, 2.45) is 11.7 Å². The van der Waals surface area contributed by atoms with Crippen molar-refractivity contribution in [3.63, 3.8) is 0 Å². The summed E-state index contributed by atoms with van der Waals surface area (Å²) in [5.74, 6) is -0.748. The van der Waals surface area contributed by atoms with E-state index in [-0.39, 0.29) is 6.04 Å². The predicted molar refractivity (Wildman–Crippen MR) is 63.5 cm³/mol. The number of alkyl halides is 3. The van der Waals surface area contributed by atoms with E-state index in [4.69, 9.17) is 5.73 Å². The molecule has 2 atom stereocenters. The minimum absolute atomic E-state index is 0.0443. The van der Waals surface area contributed by atoms with Gasteiger partial charge in [-0.2, -0.15) is 22.5 Å². The Morgan fingerprint density at radius 2 is 2.22 bits per heavy atom. The molecule has 2 heterocycles. The number of aromatic nitrogens is 2. The first-order valence-electron chi connectivity index (χ1n) is 5.79. The van der Waals surface area contributed by atoms with E-state index in [1.54, 1.807) is 0 Å². The zero-order valence-electron chi connectivity index (χ0n) is 9.94. The number of piperidine rings is 1. The normalized spacial score (nSPS) is 23.2. The van der Waals surface area contributed by atoms with E-state index in [2.05, 4.69) is 9.36 Å². The maximum absolute atomic E-state index is 12.4. The number of hydrogen-bond acceptors (Lipinski definition) is 5. The number of hydrogen-bond donors (Lipinski definition) is 1. The van der Waals surface area contributed by atoms with Gasteiger partial charge in [0.25, 0.3) is 0 Å². The molecule has 0 bridgehead atoms. The van der Waals surface area contributed by atoms with Crippen molar-refractivity contribution in [3.8, 4) is 0 Å². The van der Waals surface area contributed by atoms with Crippen molar-refractivity contribution >= 4 is 16.7 Å². The Morgan fingerprint density at radius 3 is 2.78 bits per heavy atom. The number of nitrogens with zero attached hydrogens (tertiary/aromatic N) is 3. The van der Waals surface area contributed by atoms with Gasteiger partial charge in [-0.15, -0.1) is 0 Å². The van der Waals surface area contributed by atoms with Crippen molar-refractivity contribution in [1.29, 1.82) is 0 Å². The van der Waals surface area contributed by atoms with Crippen LogP contribution in [-0.4, -0.2) is 28.5 Å². The van der Waals surface area contributed by atoms with Gasteiger partial charge in [-0.05, 0) is 25.7 Å². The van der Waals surface area contributed by atoms with Crippen LogP contribution in [0.5, 0.6) is 0 Å². The van der Waals surface area contributed by atoms with Crippen LogP contribution in [0.1, 0.15) is 25.6 Å². The minimum Gasteiger partial charge on any atom is -0.347 e. The van der Waals surface area contributed by atoms with E-state index >= 15 is 0 Å². The quantitative estimate of drug-likeness (QED) is 0.901. The van der Waals surface area contributed by atoms with E-state index in [1.165, 1.54) is 0 Å². The highest BCUT2D eigenvalue weighted by Crippen LogP contribution is 2.32. The van der Waals surface area contributed by atoms with E-state index < -0.39 is 12.0 Å². The highest BCUT2D eigenvalue weighted by Gasteiger charge is 2.37. The molecule has 1 saturated heterocycles. The third kappa shape index (κ3) is 2.92.